The molecule has 0 aromatic heterocycles. The molecule has 0 bridgehead atoms. The minimum Gasteiger partial charge on any atom is -0.393 e. The summed E-state index contributed by atoms with van der Waals surface area (Å²) in [6, 6.07) is 0.482. The second kappa shape index (κ2) is 18.3. The van der Waals surface area contributed by atoms with Gasteiger partial charge in [-0.3, -0.25) is 15.3 Å². The molecule has 2 heterocycles. The molecular formula is C42H71N3O6+2. The molecule has 0 amide bonds. The van der Waals surface area contributed by atoms with E-state index in [2.05, 4.69) is 22.5 Å². The molecule has 9 heteroatoms. The molecule has 0 radical (unpaired) electrons. The molecule has 0 aromatic carbocycles. The Balaban J connectivity index is 1.08. The van der Waals surface area contributed by atoms with Gasteiger partial charge in [-0.15, -0.1) is 0 Å². The van der Waals surface area contributed by atoms with Gasteiger partial charge in [-0.05, 0) is 113 Å². The van der Waals surface area contributed by atoms with Gasteiger partial charge in [0.2, 0.25) is 0 Å². The van der Waals surface area contributed by atoms with Crippen molar-refractivity contribution in [2.75, 3.05) is 20.2 Å². The minimum atomic E-state index is -0.780. The van der Waals surface area contributed by atoms with Gasteiger partial charge in [0.05, 0.1) is 50.0 Å². The summed E-state index contributed by atoms with van der Waals surface area (Å²) in [6.07, 6.45) is 17.4. The average Bonchev–Trinajstić information content (AvgIpc) is 3.62. The Labute approximate surface area is 307 Å². The van der Waals surface area contributed by atoms with Crippen LogP contribution in [0.5, 0.6) is 0 Å². The summed E-state index contributed by atoms with van der Waals surface area (Å²) >= 11 is 0. The molecule has 288 valence electrons. The quantitative estimate of drug-likeness (QED) is 0.160. The van der Waals surface area contributed by atoms with Crippen molar-refractivity contribution in [1.82, 2.24) is 0 Å². The number of aliphatic hydroxyl groups excluding tert-OH is 3. The van der Waals surface area contributed by atoms with Crippen LogP contribution < -0.4 is 16.4 Å². The van der Waals surface area contributed by atoms with Crippen LogP contribution in [0.3, 0.4) is 0 Å². The highest BCUT2D eigenvalue weighted by molar-refractivity contribution is 5.84. The van der Waals surface area contributed by atoms with E-state index in [4.69, 9.17) is 10.5 Å². The number of fused-ring (bicyclic) bond motifs is 2. The molecule has 13 atom stereocenters. The first-order valence-electron chi connectivity index (χ1n) is 21.2. The SMILES string of the molecule is COC1CC2CCC(=O)C(C(O)CCCC3(C4C[NH2+]C5CC(=O)CCC5C4)CCCC3)C#CC(CCC(O)CCC3CC[NH2+]C(N)C3)C2CC1O. The monoisotopic (exact) mass is 714 g/mol. The predicted molar refractivity (Wildman–Crippen MR) is 196 cm³/mol. The lowest BCUT2D eigenvalue weighted by Crippen LogP contribution is -2.95. The molecule has 13 unspecified atom stereocenters. The molecule has 9 N–H and O–H groups in total. The summed E-state index contributed by atoms with van der Waals surface area (Å²) in [7, 11) is 1.66. The zero-order chi connectivity index (χ0) is 36.0. The van der Waals surface area contributed by atoms with Crippen LogP contribution in [0.1, 0.15) is 135 Å². The van der Waals surface area contributed by atoms with Gasteiger partial charge in [0, 0.05) is 44.1 Å². The van der Waals surface area contributed by atoms with E-state index in [1.54, 1.807) is 7.11 Å². The van der Waals surface area contributed by atoms with E-state index in [9.17, 15) is 24.9 Å². The Bertz CT molecular complexity index is 1210. The van der Waals surface area contributed by atoms with Crippen LogP contribution in [-0.4, -0.2) is 83.7 Å². The second-order valence-electron chi connectivity index (χ2n) is 18.1. The Morgan fingerprint density at radius 2 is 1.73 bits per heavy atom. The first-order valence-corrected chi connectivity index (χ1v) is 21.2. The largest absolute Gasteiger partial charge is 0.393 e. The number of hydrogen-bond acceptors (Lipinski definition) is 7. The molecule has 0 aromatic rings. The number of ketones is 2. The Kier molecular flexibility index (Phi) is 14.1. The van der Waals surface area contributed by atoms with Crippen LogP contribution in [0.2, 0.25) is 0 Å². The van der Waals surface area contributed by atoms with Crippen molar-refractivity contribution in [3.8, 4) is 11.8 Å². The smallest absolute Gasteiger partial charge is 0.150 e. The molecule has 5 fully saturated rings. The van der Waals surface area contributed by atoms with Crippen molar-refractivity contribution in [2.45, 2.75) is 171 Å². The van der Waals surface area contributed by atoms with Crippen LogP contribution in [0.25, 0.3) is 0 Å². The zero-order valence-corrected chi connectivity index (χ0v) is 31.6. The lowest BCUT2D eigenvalue weighted by molar-refractivity contribution is -0.713. The Hall–Kier alpha value is -1.38. The number of rotatable bonds is 13. The van der Waals surface area contributed by atoms with E-state index in [1.807, 2.05) is 0 Å². The minimum absolute atomic E-state index is 0.0429. The molecule has 3 saturated carbocycles. The summed E-state index contributed by atoms with van der Waals surface area (Å²) in [6.45, 7) is 2.18. The summed E-state index contributed by atoms with van der Waals surface area (Å²) in [5.41, 5.74) is 6.48. The third kappa shape index (κ3) is 10.0. The van der Waals surface area contributed by atoms with E-state index in [0.29, 0.717) is 67.1 Å². The normalized spacial score (nSPS) is 39.7. The number of nitrogens with two attached hydrogens (primary N) is 3. The summed E-state index contributed by atoms with van der Waals surface area (Å²) in [4.78, 5) is 25.8. The van der Waals surface area contributed by atoms with E-state index in [1.165, 1.54) is 32.1 Å². The molecule has 2 aliphatic heterocycles. The molecule has 2 saturated heterocycles. The third-order valence-electron chi connectivity index (χ3n) is 15.0. The fourth-order valence-corrected chi connectivity index (χ4v) is 11.9. The summed E-state index contributed by atoms with van der Waals surface area (Å²) in [5, 5.41) is 38.4. The highest BCUT2D eigenvalue weighted by Crippen LogP contribution is 2.51. The van der Waals surface area contributed by atoms with Gasteiger partial charge >= 0.3 is 0 Å². The fourth-order valence-electron chi connectivity index (χ4n) is 11.9. The number of quaternary nitrogens is 2. The lowest BCUT2D eigenvalue weighted by atomic mass is 9.63. The van der Waals surface area contributed by atoms with Gasteiger partial charge in [-0.2, -0.15) is 0 Å². The van der Waals surface area contributed by atoms with E-state index in [0.717, 1.165) is 83.7 Å². The van der Waals surface area contributed by atoms with Crippen LogP contribution in [-0.2, 0) is 14.3 Å². The highest BCUT2D eigenvalue weighted by Gasteiger charge is 2.48. The van der Waals surface area contributed by atoms with Crippen molar-refractivity contribution >= 4 is 11.6 Å². The van der Waals surface area contributed by atoms with Gasteiger partial charge in [-0.1, -0.05) is 31.1 Å². The molecule has 4 aliphatic carbocycles. The highest BCUT2D eigenvalue weighted by atomic mass is 16.5. The number of carbonyl (C=O) groups excluding carboxylic acids is 2. The van der Waals surface area contributed by atoms with Crippen molar-refractivity contribution in [3.63, 3.8) is 0 Å². The molecule has 51 heavy (non-hydrogen) atoms. The number of piperidine rings is 2. The molecule has 9 nitrogen and oxygen atoms in total. The number of aliphatic hydroxyl groups is 3. The molecular weight excluding hydrogens is 642 g/mol. The van der Waals surface area contributed by atoms with Gasteiger partial charge in [0.1, 0.15) is 23.7 Å². The van der Waals surface area contributed by atoms with Crippen LogP contribution >= 0.6 is 0 Å². The van der Waals surface area contributed by atoms with E-state index < -0.39 is 24.2 Å². The number of hydrogen-bond donors (Lipinski definition) is 6. The predicted octanol–water partition coefficient (Wildman–Crippen LogP) is 2.58. The van der Waals surface area contributed by atoms with E-state index >= 15 is 0 Å². The summed E-state index contributed by atoms with van der Waals surface area (Å²) < 4.78 is 5.66. The van der Waals surface area contributed by atoms with Crippen molar-refractivity contribution < 1.29 is 40.3 Å². The first-order chi connectivity index (χ1) is 24.6. The van der Waals surface area contributed by atoms with E-state index in [-0.39, 0.29) is 35.8 Å². The average molecular weight is 714 g/mol. The van der Waals surface area contributed by atoms with Crippen LogP contribution in [0, 0.1) is 58.7 Å². The lowest BCUT2D eigenvalue weighted by Gasteiger charge is -2.45. The van der Waals surface area contributed by atoms with Gasteiger partial charge < -0.3 is 30.7 Å². The molecule has 6 rings (SSSR count). The standard InChI is InChI=1S/C42H69N3O6/c1-51-40-23-29-10-15-38(49)34(14-9-28(35(29)25-39(40)50)7-12-32(46)11-6-27-16-20-44-41(43)21-27)37(48)5-4-19-42(17-2-3-18-42)31-22-30-8-13-33(47)24-36(30)45-26-31/h27-32,34-37,39-41,44-46,48,50H,2-8,10-13,15-26,43H2,1H3/p+2. The maximum absolute atomic E-state index is 13.7. The van der Waals surface area contributed by atoms with Crippen molar-refractivity contribution in [2.24, 2.45) is 52.6 Å². The molecule has 0 spiro atoms. The van der Waals surface area contributed by atoms with Crippen LogP contribution in [0.15, 0.2) is 0 Å². The third-order valence-corrected chi connectivity index (χ3v) is 15.0. The number of carbonyl (C=O) groups is 2. The van der Waals surface area contributed by atoms with Crippen molar-refractivity contribution in [3.05, 3.63) is 0 Å². The van der Waals surface area contributed by atoms with Gasteiger partial charge in [0.25, 0.3) is 0 Å². The van der Waals surface area contributed by atoms with Crippen molar-refractivity contribution in [1.29, 1.82) is 0 Å². The second-order valence-corrected chi connectivity index (χ2v) is 18.1. The van der Waals surface area contributed by atoms with Crippen LogP contribution in [0.4, 0.5) is 0 Å². The van der Waals surface area contributed by atoms with Gasteiger partial charge in [0.15, 0.2) is 0 Å². The Morgan fingerprint density at radius 1 is 0.941 bits per heavy atom. The number of methoxy groups -OCH3 is 1. The molecule has 6 aliphatic rings. The fraction of sp³-hybridized carbons (Fsp3) is 0.905. The Morgan fingerprint density at radius 3 is 2.51 bits per heavy atom. The summed E-state index contributed by atoms with van der Waals surface area (Å²) in [5.74, 6) is 8.87. The topological polar surface area (TPSA) is 163 Å². The number of Topliss-reactive ketones (excluding diaryl/α,β-unsaturated/α-hetero) is 2. The van der Waals surface area contributed by atoms with Gasteiger partial charge in [-0.25, -0.2) is 0 Å². The maximum Gasteiger partial charge on any atom is 0.150 e. The zero-order valence-electron chi connectivity index (χ0n) is 31.6. The maximum atomic E-state index is 13.7. The number of ether oxygens (including phenoxy) is 1. The first kappa shape index (κ1) is 39.3.